The number of carbonyl (C=O) groups excluding carboxylic acids is 1. The zero-order valence-corrected chi connectivity index (χ0v) is 24.0. The fraction of sp³-hybridized carbons (Fsp3) is 0.233. The second kappa shape index (κ2) is 12.9. The van der Waals surface area contributed by atoms with Crippen LogP contribution in [0.5, 0.6) is 5.75 Å². The predicted molar refractivity (Wildman–Crippen MR) is 157 cm³/mol. The molecule has 0 bridgehead atoms. The predicted octanol–water partition coefficient (Wildman–Crippen LogP) is 6.21. The van der Waals surface area contributed by atoms with E-state index in [1.807, 2.05) is 37.4 Å². The first-order valence-corrected chi connectivity index (χ1v) is 16.3. The minimum absolute atomic E-state index is 0.296. The molecule has 3 N–H and O–H groups in total. The fourth-order valence-corrected chi connectivity index (χ4v) is 7.61. The van der Waals surface area contributed by atoms with Crippen molar-refractivity contribution in [3.05, 3.63) is 95.2 Å². The molecule has 3 aromatic carbocycles. The highest BCUT2D eigenvalue weighted by Gasteiger charge is 2.34. The van der Waals surface area contributed by atoms with Gasteiger partial charge in [0.1, 0.15) is 5.75 Å². The number of aromatic amines is 1. The average Bonchev–Trinajstić information content (AvgIpc) is 3.34. The summed E-state index contributed by atoms with van der Waals surface area (Å²) in [6, 6.07) is 18.0. The van der Waals surface area contributed by atoms with Crippen LogP contribution in [-0.4, -0.2) is 44.5 Å². The third kappa shape index (κ3) is 7.73. The minimum atomic E-state index is -5.02. The molecular formula is C30H29F3N2O4S2. The standard InChI is InChI=1S/C30H29F3N2O4S2/c1-3-16-41(20-36,19-23-18-34-27-7-5-4-6-25(23)27)35-29(37)26-17-22(12-15-28(26)39-30(31,32)33)9-8-21-10-13-24(14-11-21)40(2)38/h4-7,10-15,17-18,34,36H,3,16,19-20H2,1-2H3,(H,35,37). The minimum Gasteiger partial charge on any atom is -0.405 e. The second-order valence-corrected chi connectivity index (χ2v) is 13.9. The summed E-state index contributed by atoms with van der Waals surface area (Å²) in [5, 5.41) is 11.5. The molecule has 2 atom stereocenters. The second-order valence-electron chi connectivity index (χ2n) is 9.30. The number of hydrogen-bond acceptors (Lipinski definition) is 4. The van der Waals surface area contributed by atoms with Crippen molar-refractivity contribution in [2.45, 2.75) is 30.4 Å². The van der Waals surface area contributed by atoms with Crippen LogP contribution in [0.15, 0.2) is 77.8 Å². The van der Waals surface area contributed by atoms with Gasteiger partial charge >= 0.3 is 6.36 Å². The van der Waals surface area contributed by atoms with E-state index in [0.717, 1.165) is 22.5 Å². The average molecular weight is 603 g/mol. The molecule has 0 aliphatic heterocycles. The lowest BCUT2D eigenvalue weighted by atomic mass is 10.1. The Morgan fingerprint density at radius 3 is 2.41 bits per heavy atom. The van der Waals surface area contributed by atoms with Gasteiger partial charge in [0.2, 0.25) is 0 Å². The molecule has 2 unspecified atom stereocenters. The van der Waals surface area contributed by atoms with Crippen molar-refractivity contribution in [3.63, 3.8) is 0 Å². The summed E-state index contributed by atoms with van der Waals surface area (Å²) in [5.41, 5.74) is 2.35. The molecule has 0 spiro atoms. The number of amides is 1. The molecule has 1 amide bonds. The van der Waals surface area contributed by atoms with Crippen LogP contribution in [0.3, 0.4) is 0 Å². The van der Waals surface area contributed by atoms with Gasteiger partial charge in [-0.25, -0.2) is 0 Å². The number of nitrogens with one attached hydrogen (secondary N) is 2. The summed E-state index contributed by atoms with van der Waals surface area (Å²) in [6.45, 7) is 1.91. The zero-order chi connectivity index (χ0) is 29.6. The molecule has 41 heavy (non-hydrogen) atoms. The van der Waals surface area contributed by atoms with Crippen LogP contribution < -0.4 is 9.46 Å². The Balaban J connectivity index is 1.67. The van der Waals surface area contributed by atoms with Gasteiger partial charge in [0.05, 0.1) is 11.5 Å². The first-order valence-electron chi connectivity index (χ1n) is 12.6. The van der Waals surface area contributed by atoms with Crippen LogP contribution in [0.1, 0.15) is 40.4 Å². The molecule has 0 aliphatic carbocycles. The smallest absolute Gasteiger partial charge is 0.405 e. The van der Waals surface area contributed by atoms with Crippen LogP contribution in [0.2, 0.25) is 0 Å². The van der Waals surface area contributed by atoms with Crippen molar-refractivity contribution >= 4 is 37.8 Å². The van der Waals surface area contributed by atoms with E-state index in [1.165, 1.54) is 12.1 Å². The molecule has 0 aliphatic rings. The highest BCUT2D eigenvalue weighted by atomic mass is 32.3. The maximum Gasteiger partial charge on any atom is 0.573 e. The van der Waals surface area contributed by atoms with Gasteiger partial charge in [0.25, 0.3) is 5.91 Å². The number of rotatable bonds is 9. The Morgan fingerprint density at radius 1 is 1.07 bits per heavy atom. The lowest BCUT2D eigenvalue weighted by Crippen LogP contribution is -2.33. The number of hydrogen-bond donors (Lipinski definition) is 3. The monoisotopic (exact) mass is 602 g/mol. The molecule has 1 aromatic heterocycles. The van der Waals surface area contributed by atoms with Crippen molar-refractivity contribution in [2.75, 3.05) is 17.9 Å². The SMILES string of the molecule is CCCS(CO)(Cc1c[nH]c2ccccc12)NC(=O)c1cc(C#Cc2ccc(S(C)=O)cc2)ccc1OC(F)(F)F. The molecule has 6 nitrogen and oxygen atoms in total. The number of aromatic nitrogens is 1. The lowest BCUT2D eigenvalue weighted by Gasteiger charge is -2.39. The summed E-state index contributed by atoms with van der Waals surface area (Å²) >= 11 is 0. The van der Waals surface area contributed by atoms with Crippen LogP contribution in [0, 0.1) is 11.8 Å². The molecule has 11 heteroatoms. The Kier molecular flexibility index (Phi) is 9.48. The number of halogens is 3. The van der Waals surface area contributed by atoms with Gasteiger partial charge in [-0.3, -0.25) is 9.00 Å². The zero-order valence-electron chi connectivity index (χ0n) is 22.4. The largest absolute Gasteiger partial charge is 0.573 e. The number of aliphatic hydroxyl groups is 1. The van der Waals surface area contributed by atoms with E-state index in [4.69, 9.17) is 0 Å². The first-order chi connectivity index (χ1) is 19.5. The summed E-state index contributed by atoms with van der Waals surface area (Å²) in [5.74, 6) is 4.76. The fourth-order valence-electron chi connectivity index (χ4n) is 4.37. The van der Waals surface area contributed by atoms with E-state index < -0.39 is 39.0 Å². The van der Waals surface area contributed by atoms with E-state index in [9.17, 15) is 27.3 Å². The van der Waals surface area contributed by atoms with Gasteiger partial charge < -0.3 is 19.5 Å². The molecule has 0 fully saturated rings. The number of para-hydroxylation sites is 1. The van der Waals surface area contributed by atoms with Crippen LogP contribution in [0.25, 0.3) is 10.9 Å². The number of ether oxygens (including phenoxy) is 1. The molecule has 4 aromatic rings. The number of benzene rings is 3. The van der Waals surface area contributed by atoms with Crippen molar-refractivity contribution < 1.29 is 32.0 Å². The van der Waals surface area contributed by atoms with Gasteiger partial charge in [-0.15, -0.1) is 23.4 Å². The van der Waals surface area contributed by atoms with Gasteiger partial charge in [0.15, 0.2) is 0 Å². The van der Waals surface area contributed by atoms with E-state index in [1.54, 1.807) is 30.5 Å². The van der Waals surface area contributed by atoms with Crippen LogP contribution in [-0.2, 0) is 16.6 Å². The number of H-pyrrole nitrogens is 1. The van der Waals surface area contributed by atoms with Gasteiger partial charge in [-0.05, 0) is 66.3 Å². The number of carbonyl (C=O) groups is 1. The van der Waals surface area contributed by atoms with Gasteiger partial charge in [0, 0.05) is 55.9 Å². The molecule has 0 saturated carbocycles. The lowest BCUT2D eigenvalue weighted by molar-refractivity contribution is -0.274. The maximum atomic E-state index is 13.6. The van der Waals surface area contributed by atoms with Crippen molar-refractivity contribution in [3.8, 4) is 17.6 Å². The van der Waals surface area contributed by atoms with Gasteiger partial charge in [-0.2, -0.15) is 0 Å². The molecular weight excluding hydrogens is 573 g/mol. The number of aliphatic hydroxyl groups excluding tert-OH is 1. The summed E-state index contributed by atoms with van der Waals surface area (Å²) in [4.78, 5) is 17.4. The van der Waals surface area contributed by atoms with Crippen LogP contribution >= 0.6 is 10.2 Å². The third-order valence-corrected chi connectivity index (χ3v) is 10.3. The maximum absolute atomic E-state index is 13.6. The Hall–Kier alpha value is -3.72. The Bertz CT molecular complexity index is 1620. The molecule has 1 heterocycles. The summed E-state index contributed by atoms with van der Waals surface area (Å²) < 4.78 is 58.4. The summed E-state index contributed by atoms with van der Waals surface area (Å²) in [6.07, 6.45) is -0.993. The van der Waals surface area contributed by atoms with E-state index in [0.29, 0.717) is 33.9 Å². The normalized spacial score (nSPS) is 14.4. The first kappa shape index (κ1) is 30.2. The van der Waals surface area contributed by atoms with Crippen molar-refractivity contribution in [1.29, 1.82) is 0 Å². The molecule has 0 saturated heterocycles. The van der Waals surface area contributed by atoms with E-state index in [2.05, 4.69) is 26.3 Å². The highest BCUT2D eigenvalue weighted by molar-refractivity contribution is 8.31. The topological polar surface area (TPSA) is 91.4 Å². The number of fused-ring (bicyclic) bond motifs is 1. The molecule has 0 radical (unpaired) electrons. The van der Waals surface area contributed by atoms with Gasteiger partial charge in [-0.1, -0.05) is 37.0 Å². The quantitative estimate of drug-likeness (QED) is 0.199. The van der Waals surface area contributed by atoms with Crippen LogP contribution in [0.4, 0.5) is 13.2 Å². The molecule has 4 rings (SSSR count). The Morgan fingerprint density at radius 2 is 1.76 bits per heavy atom. The Labute approximate surface area is 240 Å². The molecule has 216 valence electrons. The van der Waals surface area contributed by atoms with Crippen molar-refractivity contribution in [2.24, 2.45) is 0 Å². The summed E-state index contributed by atoms with van der Waals surface area (Å²) in [7, 11) is -3.39. The highest BCUT2D eigenvalue weighted by Crippen LogP contribution is 2.48. The van der Waals surface area contributed by atoms with E-state index in [-0.39, 0.29) is 11.5 Å². The van der Waals surface area contributed by atoms with Crippen molar-refractivity contribution in [1.82, 2.24) is 9.71 Å². The van der Waals surface area contributed by atoms with E-state index >= 15 is 0 Å². The third-order valence-electron chi connectivity index (χ3n) is 6.25. The number of alkyl halides is 3.